The molecular formula is C16H24N2O3. The summed E-state index contributed by atoms with van der Waals surface area (Å²) in [6.45, 7) is 1.40. The van der Waals surface area contributed by atoms with E-state index in [1.54, 1.807) is 6.07 Å². The topological polar surface area (TPSA) is 72.8 Å². The van der Waals surface area contributed by atoms with Gasteiger partial charge in [0, 0.05) is 30.6 Å². The van der Waals surface area contributed by atoms with Gasteiger partial charge in [-0.25, -0.2) is 0 Å². The van der Waals surface area contributed by atoms with Crippen LogP contribution in [0.15, 0.2) is 18.2 Å². The quantitative estimate of drug-likeness (QED) is 0.776. The largest absolute Gasteiger partial charge is 0.508 e. The van der Waals surface area contributed by atoms with Crippen LogP contribution >= 0.6 is 0 Å². The van der Waals surface area contributed by atoms with Crippen LogP contribution in [0.2, 0.25) is 0 Å². The van der Waals surface area contributed by atoms with Gasteiger partial charge in [-0.05, 0) is 45.0 Å². The van der Waals surface area contributed by atoms with Gasteiger partial charge in [0.2, 0.25) is 5.91 Å². The smallest absolute Gasteiger partial charge is 0.220 e. The fourth-order valence-corrected chi connectivity index (χ4v) is 2.79. The Labute approximate surface area is 125 Å². The van der Waals surface area contributed by atoms with Crippen LogP contribution in [0.25, 0.3) is 0 Å². The number of amides is 1. The molecule has 1 heterocycles. The van der Waals surface area contributed by atoms with E-state index in [4.69, 9.17) is 0 Å². The molecule has 1 aliphatic rings. The zero-order valence-corrected chi connectivity index (χ0v) is 12.5. The summed E-state index contributed by atoms with van der Waals surface area (Å²) < 4.78 is 0. The van der Waals surface area contributed by atoms with E-state index in [1.807, 2.05) is 0 Å². The lowest BCUT2D eigenvalue weighted by Crippen LogP contribution is -2.37. The van der Waals surface area contributed by atoms with Crippen LogP contribution in [-0.2, 0) is 11.3 Å². The van der Waals surface area contributed by atoms with Gasteiger partial charge in [-0.2, -0.15) is 0 Å². The highest BCUT2D eigenvalue weighted by Gasteiger charge is 2.19. The Morgan fingerprint density at radius 3 is 2.90 bits per heavy atom. The van der Waals surface area contributed by atoms with Crippen molar-refractivity contribution < 1.29 is 15.0 Å². The maximum atomic E-state index is 11.9. The molecule has 3 N–H and O–H groups in total. The number of phenols is 2. The number of likely N-dealkylation sites (tertiary alicyclic amines) is 1. The van der Waals surface area contributed by atoms with Crippen molar-refractivity contribution in [1.29, 1.82) is 0 Å². The van der Waals surface area contributed by atoms with Crippen LogP contribution < -0.4 is 5.32 Å². The molecule has 1 saturated heterocycles. The molecule has 0 bridgehead atoms. The molecule has 5 nitrogen and oxygen atoms in total. The molecular weight excluding hydrogens is 268 g/mol. The second-order valence-electron chi connectivity index (χ2n) is 5.76. The Hall–Kier alpha value is -1.75. The number of rotatable bonds is 5. The lowest BCUT2D eigenvalue weighted by atomic mass is 9.98. The molecule has 1 aromatic carbocycles. The van der Waals surface area contributed by atoms with Crippen molar-refractivity contribution in [3.63, 3.8) is 0 Å². The molecule has 0 spiro atoms. The minimum absolute atomic E-state index is 0.00134. The van der Waals surface area contributed by atoms with Gasteiger partial charge in [0.05, 0.1) is 0 Å². The Kier molecular flexibility index (Phi) is 5.44. The first-order valence-electron chi connectivity index (χ1n) is 7.54. The number of carbonyl (C=O) groups is 1. The molecule has 0 radical (unpaired) electrons. The highest BCUT2D eigenvalue weighted by molar-refractivity contribution is 5.76. The van der Waals surface area contributed by atoms with Gasteiger partial charge in [-0.15, -0.1) is 0 Å². The molecule has 1 aromatic rings. The van der Waals surface area contributed by atoms with Gasteiger partial charge in [0.15, 0.2) is 0 Å². The molecule has 2 rings (SSSR count). The Morgan fingerprint density at radius 1 is 1.38 bits per heavy atom. The highest BCUT2D eigenvalue weighted by atomic mass is 16.3. The van der Waals surface area contributed by atoms with Gasteiger partial charge in [0.1, 0.15) is 11.5 Å². The lowest BCUT2D eigenvalue weighted by Gasteiger charge is -2.32. The number of aromatic hydroxyl groups is 2. The monoisotopic (exact) mass is 292 g/mol. The predicted molar refractivity (Wildman–Crippen MR) is 81.1 cm³/mol. The maximum Gasteiger partial charge on any atom is 0.220 e. The molecule has 116 valence electrons. The molecule has 0 aliphatic carbocycles. The van der Waals surface area contributed by atoms with Gasteiger partial charge in [0.25, 0.3) is 0 Å². The molecule has 1 unspecified atom stereocenters. The molecule has 0 saturated carbocycles. The number of benzene rings is 1. The minimum atomic E-state index is 0.00134. The fourth-order valence-electron chi connectivity index (χ4n) is 2.79. The van der Waals surface area contributed by atoms with Crippen LogP contribution in [0, 0.1) is 0 Å². The second kappa shape index (κ2) is 7.31. The molecule has 1 amide bonds. The number of hydrogen-bond acceptors (Lipinski definition) is 4. The number of carbonyl (C=O) groups excluding carboxylic acids is 1. The van der Waals surface area contributed by atoms with Crippen LogP contribution in [0.4, 0.5) is 0 Å². The van der Waals surface area contributed by atoms with Crippen molar-refractivity contribution in [2.24, 2.45) is 0 Å². The number of nitrogens with zero attached hydrogens (tertiary/aromatic N) is 1. The first-order chi connectivity index (χ1) is 10.1. The van der Waals surface area contributed by atoms with Crippen LogP contribution in [0.3, 0.4) is 0 Å². The Balaban J connectivity index is 1.74. The Morgan fingerprint density at radius 2 is 2.19 bits per heavy atom. The van der Waals surface area contributed by atoms with Crippen LogP contribution in [-0.4, -0.2) is 40.7 Å². The molecule has 5 heteroatoms. The van der Waals surface area contributed by atoms with Crippen molar-refractivity contribution in [3.8, 4) is 11.5 Å². The summed E-state index contributed by atoms with van der Waals surface area (Å²) in [6, 6.07) is 4.89. The average molecular weight is 292 g/mol. The van der Waals surface area contributed by atoms with E-state index in [9.17, 15) is 15.0 Å². The summed E-state index contributed by atoms with van der Waals surface area (Å²) >= 11 is 0. The third-order valence-corrected chi connectivity index (χ3v) is 4.17. The second-order valence-corrected chi connectivity index (χ2v) is 5.76. The summed E-state index contributed by atoms with van der Waals surface area (Å²) in [5, 5.41) is 21.7. The van der Waals surface area contributed by atoms with E-state index in [0.717, 1.165) is 13.0 Å². The van der Waals surface area contributed by atoms with Gasteiger partial charge < -0.3 is 20.4 Å². The molecule has 21 heavy (non-hydrogen) atoms. The average Bonchev–Trinajstić information content (AvgIpc) is 2.45. The van der Waals surface area contributed by atoms with E-state index >= 15 is 0 Å². The lowest BCUT2D eigenvalue weighted by molar-refractivity contribution is -0.121. The van der Waals surface area contributed by atoms with E-state index in [2.05, 4.69) is 17.3 Å². The zero-order chi connectivity index (χ0) is 15.2. The van der Waals surface area contributed by atoms with Crippen molar-refractivity contribution in [3.05, 3.63) is 23.8 Å². The highest BCUT2D eigenvalue weighted by Crippen LogP contribution is 2.22. The number of phenolic OH excluding ortho intramolecular Hbond substituents is 2. The maximum absolute atomic E-state index is 11.9. The van der Waals surface area contributed by atoms with Crippen molar-refractivity contribution in [2.75, 3.05) is 13.6 Å². The third-order valence-electron chi connectivity index (χ3n) is 4.17. The molecule has 1 atom stereocenters. The van der Waals surface area contributed by atoms with Crippen molar-refractivity contribution in [2.45, 2.75) is 44.7 Å². The minimum Gasteiger partial charge on any atom is -0.508 e. The van der Waals surface area contributed by atoms with Crippen LogP contribution in [0.1, 0.15) is 37.7 Å². The van der Waals surface area contributed by atoms with E-state index < -0.39 is 0 Å². The molecule has 1 aliphatic heterocycles. The van der Waals surface area contributed by atoms with Crippen LogP contribution in [0.5, 0.6) is 11.5 Å². The number of hydrogen-bond donors (Lipinski definition) is 3. The van der Waals surface area contributed by atoms with E-state index in [0.29, 0.717) is 18.0 Å². The predicted octanol–water partition coefficient (Wildman–Crippen LogP) is 1.98. The van der Waals surface area contributed by atoms with E-state index in [1.165, 1.54) is 31.4 Å². The van der Waals surface area contributed by atoms with Gasteiger partial charge >= 0.3 is 0 Å². The Bertz CT molecular complexity index is 490. The summed E-state index contributed by atoms with van der Waals surface area (Å²) in [4.78, 5) is 14.2. The first kappa shape index (κ1) is 15.6. The zero-order valence-electron chi connectivity index (χ0n) is 12.5. The fraction of sp³-hybridized carbons (Fsp3) is 0.562. The summed E-state index contributed by atoms with van der Waals surface area (Å²) in [5.41, 5.74) is 0.607. The summed E-state index contributed by atoms with van der Waals surface area (Å²) in [7, 11) is 2.12. The number of piperidine rings is 1. The van der Waals surface area contributed by atoms with Gasteiger partial charge in [-0.1, -0.05) is 6.42 Å². The number of nitrogens with one attached hydrogen (secondary N) is 1. The van der Waals surface area contributed by atoms with Crippen molar-refractivity contribution in [1.82, 2.24) is 10.2 Å². The van der Waals surface area contributed by atoms with Gasteiger partial charge in [-0.3, -0.25) is 4.79 Å². The third kappa shape index (κ3) is 4.63. The standard InChI is InChI=1S/C16H24N2O3/c1-18-9-3-2-4-13(18)6-8-16(21)17-11-12-5-7-14(19)10-15(12)20/h5,7,10,13,19-20H,2-4,6,8-9,11H2,1H3,(H,17,21). The van der Waals surface area contributed by atoms with E-state index in [-0.39, 0.29) is 24.0 Å². The summed E-state index contributed by atoms with van der Waals surface area (Å²) in [5.74, 6) is 0.0201. The normalized spacial score (nSPS) is 19.4. The SMILES string of the molecule is CN1CCCCC1CCC(=O)NCc1ccc(O)cc1O. The molecule has 1 fully saturated rings. The molecule has 0 aromatic heterocycles. The van der Waals surface area contributed by atoms with Crippen molar-refractivity contribution >= 4 is 5.91 Å². The first-order valence-corrected chi connectivity index (χ1v) is 7.54. The summed E-state index contributed by atoms with van der Waals surface area (Å²) in [6.07, 6.45) is 5.05.